The number of nitrogens with one attached hydrogen (secondary N) is 1. The SMILES string of the molecule is Cc1cc(C(=O)NCc2cccc(OC(F)(F)F)c2F)cc(CC(=O)C(C)(C)O)n1. The standard InChI is InChI=1S/C20H20F4N2O4/c1-11-7-13(8-14(26-11)9-16(27)19(2,3)29)18(28)25-10-12-5-4-6-15(17(12)21)30-20(22,23)24/h4-8,29H,9-10H2,1-3H3,(H,25,28). The summed E-state index contributed by atoms with van der Waals surface area (Å²) in [4.78, 5) is 28.6. The van der Waals surface area contributed by atoms with Crippen molar-refractivity contribution >= 4 is 11.7 Å². The normalized spacial score (nSPS) is 11.9. The van der Waals surface area contributed by atoms with E-state index in [0.717, 1.165) is 6.07 Å². The summed E-state index contributed by atoms with van der Waals surface area (Å²) < 4.78 is 54.8. The van der Waals surface area contributed by atoms with Gasteiger partial charge in [0.05, 0.1) is 6.42 Å². The number of alkyl halides is 3. The number of halogens is 4. The first-order valence-electron chi connectivity index (χ1n) is 8.81. The number of ether oxygens (including phenoxy) is 1. The third-order valence-electron chi connectivity index (χ3n) is 4.00. The van der Waals surface area contributed by atoms with E-state index < -0.39 is 35.2 Å². The molecule has 2 aromatic rings. The molecular formula is C20H20F4N2O4. The molecule has 0 spiro atoms. The highest BCUT2D eigenvalue weighted by molar-refractivity contribution is 5.95. The molecule has 0 fully saturated rings. The minimum absolute atomic E-state index is 0.129. The number of hydrogen-bond donors (Lipinski definition) is 2. The van der Waals surface area contributed by atoms with Crippen LogP contribution in [0.15, 0.2) is 30.3 Å². The summed E-state index contributed by atoms with van der Waals surface area (Å²) in [5, 5.41) is 12.2. The van der Waals surface area contributed by atoms with E-state index in [0.29, 0.717) is 5.69 Å². The smallest absolute Gasteiger partial charge is 0.403 e. The second kappa shape index (κ2) is 8.78. The minimum atomic E-state index is -5.05. The number of benzene rings is 1. The van der Waals surface area contributed by atoms with Crippen LogP contribution in [0.5, 0.6) is 5.75 Å². The van der Waals surface area contributed by atoms with E-state index >= 15 is 0 Å². The number of rotatable bonds is 7. The van der Waals surface area contributed by atoms with Gasteiger partial charge < -0.3 is 15.2 Å². The summed E-state index contributed by atoms with van der Waals surface area (Å²) in [7, 11) is 0. The number of aryl methyl sites for hydroxylation is 1. The molecule has 1 heterocycles. The summed E-state index contributed by atoms with van der Waals surface area (Å²) in [6.07, 6.45) is -5.24. The third kappa shape index (κ3) is 6.51. The lowest BCUT2D eigenvalue weighted by atomic mass is 9.98. The highest BCUT2D eigenvalue weighted by atomic mass is 19.4. The van der Waals surface area contributed by atoms with E-state index in [1.165, 1.54) is 38.1 Å². The highest BCUT2D eigenvalue weighted by Crippen LogP contribution is 2.27. The number of Topliss-reactive ketones (excluding diaryl/α,β-unsaturated/α-hetero) is 1. The minimum Gasteiger partial charge on any atom is -0.403 e. The van der Waals surface area contributed by atoms with E-state index in [1.54, 1.807) is 6.92 Å². The quantitative estimate of drug-likeness (QED) is 0.661. The van der Waals surface area contributed by atoms with Crippen LogP contribution in [0, 0.1) is 12.7 Å². The number of carbonyl (C=O) groups is 2. The van der Waals surface area contributed by atoms with Crippen LogP contribution < -0.4 is 10.1 Å². The van der Waals surface area contributed by atoms with Gasteiger partial charge in [-0.3, -0.25) is 14.6 Å². The Morgan fingerprint density at radius 1 is 1.20 bits per heavy atom. The van der Waals surface area contributed by atoms with Crippen molar-refractivity contribution in [1.29, 1.82) is 0 Å². The average molecular weight is 428 g/mol. The molecule has 0 unspecified atom stereocenters. The van der Waals surface area contributed by atoms with Crippen LogP contribution in [0.2, 0.25) is 0 Å². The fourth-order valence-corrected chi connectivity index (χ4v) is 2.51. The molecule has 1 amide bonds. The highest BCUT2D eigenvalue weighted by Gasteiger charge is 2.32. The van der Waals surface area contributed by atoms with Gasteiger partial charge in [0, 0.05) is 29.1 Å². The van der Waals surface area contributed by atoms with Crippen LogP contribution in [0.1, 0.15) is 41.2 Å². The Morgan fingerprint density at radius 3 is 2.47 bits per heavy atom. The number of aromatic nitrogens is 1. The second-order valence-electron chi connectivity index (χ2n) is 7.11. The first-order chi connectivity index (χ1) is 13.8. The molecule has 2 N–H and O–H groups in total. The first-order valence-corrected chi connectivity index (χ1v) is 8.81. The van der Waals surface area contributed by atoms with Crippen molar-refractivity contribution in [2.45, 2.75) is 45.7 Å². The van der Waals surface area contributed by atoms with Crippen LogP contribution in [0.4, 0.5) is 17.6 Å². The monoisotopic (exact) mass is 428 g/mol. The maximum absolute atomic E-state index is 14.2. The zero-order chi connectivity index (χ0) is 22.7. The lowest BCUT2D eigenvalue weighted by molar-refractivity contribution is -0.275. The second-order valence-corrected chi connectivity index (χ2v) is 7.11. The Morgan fingerprint density at radius 2 is 1.87 bits per heavy atom. The van der Waals surface area contributed by atoms with Gasteiger partial charge in [-0.15, -0.1) is 13.2 Å². The predicted octanol–water partition coefficient (Wildman–Crippen LogP) is 3.24. The zero-order valence-corrected chi connectivity index (χ0v) is 16.4. The maximum Gasteiger partial charge on any atom is 0.573 e. The van der Waals surface area contributed by atoms with Crippen LogP contribution >= 0.6 is 0 Å². The zero-order valence-electron chi connectivity index (χ0n) is 16.4. The van der Waals surface area contributed by atoms with E-state index in [2.05, 4.69) is 15.0 Å². The van der Waals surface area contributed by atoms with Crippen LogP contribution in [-0.2, 0) is 17.8 Å². The number of ketones is 1. The molecule has 30 heavy (non-hydrogen) atoms. The molecule has 0 saturated heterocycles. The number of pyridine rings is 1. The molecule has 0 aliphatic heterocycles. The molecule has 0 aliphatic carbocycles. The third-order valence-corrected chi connectivity index (χ3v) is 4.00. The van der Waals surface area contributed by atoms with Gasteiger partial charge in [0.15, 0.2) is 17.3 Å². The predicted molar refractivity (Wildman–Crippen MR) is 98.2 cm³/mol. The summed E-state index contributed by atoms with van der Waals surface area (Å²) >= 11 is 0. The Bertz CT molecular complexity index is 953. The van der Waals surface area contributed by atoms with Gasteiger partial charge in [0.2, 0.25) is 0 Å². The van der Waals surface area contributed by atoms with E-state index in [1.807, 2.05) is 0 Å². The Hall–Kier alpha value is -3.01. The molecular weight excluding hydrogens is 408 g/mol. The van der Waals surface area contributed by atoms with Crippen molar-refractivity contribution in [1.82, 2.24) is 10.3 Å². The topological polar surface area (TPSA) is 88.5 Å². The lowest BCUT2D eigenvalue weighted by Gasteiger charge is -2.15. The Labute approximate surface area is 169 Å². The Balaban J connectivity index is 2.14. The molecule has 6 nitrogen and oxygen atoms in total. The van der Waals surface area contributed by atoms with Gasteiger partial charge in [-0.05, 0) is 39.0 Å². The molecule has 0 saturated carbocycles. The molecule has 162 valence electrons. The molecule has 0 aliphatic rings. The van der Waals surface area contributed by atoms with Crippen molar-refractivity contribution in [3.8, 4) is 5.75 Å². The molecule has 1 aromatic heterocycles. The number of aliphatic hydroxyl groups is 1. The molecule has 2 rings (SSSR count). The number of hydrogen-bond acceptors (Lipinski definition) is 5. The molecule has 1 aromatic carbocycles. The molecule has 10 heteroatoms. The largest absolute Gasteiger partial charge is 0.573 e. The van der Waals surface area contributed by atoms with Crippen LogP contribution in [0.25, 0.3) is 0 Å². The fourth-order valence-electron chi connectivity index (χ4n) is 2.51. The first kappa shape index (κ1) is 23.3. The van der Waals surface area contributed by atoms with Crippen LogP contribution in [0.3, 0.4) is 0 Å². The van der Waals surface area contributed by atoms with Gasteiger partial charge in [0.1, 0.15) is 5.60 Å². The Kier molecular flexibility index (Phi) is 6.81. The maximum atomic E-state index is 14.2. The van der Waals surface area contributed by atoms with Crippen molar-refractivity contribution in [2.24, 2.45) is 0 Å². The van der Waals surface area contributed by atoms with Gasteiger partial charge in [-0.2, -0.15) is 0 Å². The lowest BCUT2D eigenvalue weighted by Crippen LogP contribution is -2.33. The molecule has 0 bridgehead atoms. The van der Waals surface area contributed by atoms with Gasteiger partial charge in [-0.1, -0.05) is 12.1 Å². The van der Waals surface area contributed by atoms with Gasteiger partial charge in [0.25, 0.3) is 5.91 Å². The summed E-state index contributed by atoms with van der Waals surface area (Å²) in [6.45, 7) is 3.89. The van der Waals surface area contributed by atoms with Gasteiger partial charge in [-0.25, -0.2) is 4.39 Å². The van der Waals surface area contributed by atoms with Gasteiger partial charge >= 0.3 is 6.36 Å². The molecule has 0 atom stereocenters. The summed E-state index contributed by atoms with van der Waals surface area (Å²) in [6, 6.07) is 6.00. The number of nitrogens with zero attached hydrogens (tertiary/aromatic N) is 1. The van der Waals surface area contributed by atoms with Crippen molar-refractivity contribution in [3.05, 3.63) is 58.7 Å². The number of amides is 1. The van der Waals surface area contributed by atoms with E-state index in [-0.39, 0.29) is 29.8 Å². The summed E-state index contributed by atoms with van der Waals surface area (Å²) in [5.41, 5.74) is -0.932. The van der Waals surface area contributed by atoms with Crippen molar-refractivity contribution < 1.29 is 37.0 Å². The fraction of sp³-hybridized carbons (Fsp3) is 0.350. The number of carbonyl (C=O) groups excluding carboxylic acids is 2. The average Bonchev–Trinajstić information content (AvgIpc) is 2.59. The molecule has 0 radical (unpaired) electrons. The van der Waals surface area contributed by atoms with E-state index in [4.69, 9.17) is 0 Å². The van der Waals surface area contributed by atoms with E-state index in [9.17, 15) is 32.3 Å². The van der Waals surface area contributed by atoms with Crippen molar-refractivity contribution in [2.75, 3.05) is 0 Å². The van der Waals surface area contributed by atoms with Crippen LogP contribution in [-0.4, -0.2) is 33.7 Å². The summed E-state index contributed by atoms with van der Waals surface area (Å²) in [5.74, 6) is -3.37. The van der Waals surface area contributed by atoms with Crippen molar-refractivity contribution in [3.63, 3.8) is 0 Å².